The molecule has 2 atom stereocenters. The van der Waals surface area contributed by atoms with Crippen molar-refractivity contribution in [2.75, 3.05) is 6.61 Å². The zero-order valence-electron chi connectivity index (χ0n) is 17.7. The van der Waals surface area contributed by atoms with Gasteiger partial charge < -0.3 is 4.74 Å². The van der Waals surface area contributed by atoms with E-state index in [0.29, 0.717) is 18.4 Å². The van der Waals surface area contributed by atoms with Crippen LogP contribution in [0.1, 0.15) is 61.6 Å². The lowest BCUT2D eigenvalue weighted by molar-refractivity contribution is -0.526. The SMILES string of the molecule is CC(c1ccc2c(c1)Cc1ccccc1-2)C1COC2(OO1)C1CC3CC(C1)CC2C3. The summed E-state index contributed by atoms with van der Waals surface area (Å²) in [6.45, 7) is 2.89. The summed E-state index contributed by atoms with van der Waals surface area (Å²) in [5.74, 6) is 2.65. The first-order valence-corrected chi connectivity index (χ1v) is 11.9. The fourth-order valence-corrected chi connectivity index (χ4v) is 7.50. The monoisotopic (exact) mass is 402 g/mol. The quantitative estimate of drug-likeness (QED) is 0.503. The van der Waals surface area contributed by atoms with Crippen molar-refractivity contribution < 1.29 is 14.5 Å². The highest BCUT2D eigenvalue weighted by Gasteiger charge is 2.61. The van der Waals surface area contributed by atoms with Crippen LogP contribution in [0.4, 0.5) is 0 Å². The Hall–Kier alpha value is -1.68. The molecule has 5 aliphatic carbocycles. The summed E-state index contributed by atoms with van der Waals surface area (Å²) >= 11 is 0. The van der Waals surface area contributed by atoms with Gasteiger partial charge in [-0.3, -0.25) is 0 Å². The number of rotatable bonds is 2. The van der Waals surface area contributed by atoms with E-state index in [-0.39, 0.29) is 12.0 Å². The van der Waals surface area contributed by atoms with Crippen molar-refractivity contribution in [1.29, 1.82) is 0 Å². The van der Waals surface area contributed by atoms with Gasteiger partial charge in [0.25, 0.3) is 0 Å². The van der Waals surface area contributed by atoms with Crippen LogP contribution in [0.3, 0.4) is 0 Å². The third-order valence-electron chi connectivity index (χ3n) is 8.95. The summed E-state index contributed by atoms with van der Waals surface area (Å²) in [5, 5.41) is 0. The molecule has 4 bridgehead atoms. The molecule has 2 unspecified atom stereocenters. The number of benzene rings is 2. The fraction of sp³-hybridized carbons (Fsp3) is 0.556. The first kappa shape index (κ1) is 17.9. The van der Waals surface area contributed by atoms with Crippen LogP contribution in [-0.2, 0) is 20.9 Å². The Kier molecular flexibility index (Phi) is 3.84. The number of ether oxygens (including phenoxy) is 1. The van der Waals surface area contributed by atoms with Crippen LogP contribution in [0.15, 0.2) is 42.5 Å². The molecule has 0 N–H and O–H groups in total. The summed E-state index contributed by atoms with van der Waals surface area (Å²) in [6.07, 6.45) is 7.48. The highest BCUT2D eigenvalue weighted by Crippen LogP contribution is 2.61. The Morgan fingerprint density at radius 2 is 1.60 bits per heavy atom. The molecule has 0 radical (unpaired) electrons. The molecule has 8 rings (SSSR count). The van der Waals surface area contributed by atoms with Gasteiger partial charge in [0.1, 0.15) is 6.10 Å². The van der Waals surface area contributed by atoms with E-state index in [0.717, 1.165) is 18.3 Å². The molecule has 2 aromatic rings. The third kappa shape index (κ3) is 2.49. The molecule has 3 heteroatoms. The summed E-state index contributed by atoms with van der Waals surface area (Å²) in [6, 6.07) is 15.7. The van der Waals surface area contributed by atoms with E-state index in [2.05, 4.69) is 49.4 Å². The maximum atomic E-state index is 6.59. The molecular formula is C27H30O3. The van der Waals surface area contributed by atoms with E-state index in [1.54, 1.807) is 0 Å². The number of hydrogen-bond donors (Lipinski definition) is 0. The van der Waals surface area contributed by atoms with Crippen LogP contribution < -0.4 is 0 Å². The number of hydrogen-bond acceptors (Lipinski definition) is 3. The molecule has 3 nitrogen and oxygen atoms in total. The molecule has 0 amide bonds. The zero-order chi connectivity index (χ0) is 19.9. The lowest BCUT2D eigenvalue weighted by Gasteiger charge is -2.60. The first-order chi connectivity index (χ1) is 14.7. The Bertz CT molecular complexity index is 957. The van der Waals surface area contributed by atoms with Crippen molar-refractivity contribution in [2.45, 2.75) is 63.3 Å². The van der Waals surface area contributed by atoms with E-state index in [1.807, 2.05) is 0 Å². The van der Waals surface area contributed by atoms with E-state index in [9.17, 15) is 0 Å². The minimum atomic E-state index is -0.455. The maximum Gasteiger partial charge on any atom is 0.207 e. The van der Waals surface area contributed by atoms with Gasteiger partial charge in [-0.05, 0) is 78.2 Å². The normalized spacial score (nSPS) is 39.2. The number of fused-ring (bicyclic) bond motifs is 3. The van der Waals surface area contributed by atoms with Crippen LogP contribution in [-0.4, -0.2) is 18.5 Å². The molecular weight excluding hydrogens is 372 g/mol. The van der Waals surface area contributed by atoms with Crippen LogP contribution in [0.25, 0.3) is 11.1 Å². The van der Waals surface area contributed by atoms with Gasteiger partial charge in [0, 0.05) is 17.8 Å². The fourth-order valence-electron chi connectivity index (χ4n) is 7.50. The van der Waals surface area contributed by atoms with Crippen molar-refractivity contribution in [3.8, 4) is 11.1 Å². The minimum absolute atomic E-state index is 0.0466. The smallest absolute Gasteiger partial charge is 0.207 e. The molecule has 156 valence electrons. The van der Waals surface area contributed by atoms with Gasteiger partial charge in [0.2, 0.25) is 5.79 Å². The van der Waals surface area contributed by atoms with Gasteiger partial charge in [0.05, 0.1) is 6.61 Å². The van der Waals surface area contributed by atoms with Gasteiger partial charge in [0.15, 0.2) is 0 Å². The van der Waals surface area contributed by atoms with E-state index in [1.165, 1.54) is 59.9 Å². The average molecular weight is 403 g/mol. The molecule has 1 saturated heterocycles. The Labute approximate surface area is 178 Å². The van der Waals surface area contributed by atoms with E-state index >= 15 is 0 Å². The summed E-state index contributed by atoms with van der Waals surface area (Å²) in [7, 11) is 0. The first-order valence-electron chi connectivity index (χ1n) is 11.9. The Morgan fingerprint density at radius 1 is 0.867 bits per heavy atom. The summed E-state index contributed by atoms with van der Waals surface area (Å²) in [4.78, 5) is 12.3. The topological polar surface area (TPSA) is 27.7 Å². The lowest BCUT2D eigenvalue weighted by atomic mass is 9.53. The second-order valence-electron chi connectivity index (χ2n) is 10.6. The lowest BCUT2D eigenvalue weighted by Crippen LogP contribution is -2.63. The molecule has 0 aromatic heterocycles. The van der Waals surface area contributed by atoms with Crippen molar-refractivity contribution in [3.63, 3.8) is 0 Å². The molecule has 6 aliphatic rings. The van der Waals surface area contributed by atoms with Crippen molar-refractivity contribution in [2.24, 2.45) is 23.7 Å². The van der Waals surface area contributed by atoms with Crippen LogP contribution in [0.2, 0.25) is 0 Å². The summed E-state index contributed by atoms with van der Waals surface area (Å²) in [5.41, 5.74) is 6.94. The highest BCUT2D eigenvalue weighted by atomic mass is 17.2. The predicted octanol–water partition coefficient (Wildman–Crippen LogP) is 5.86. The van der Waals surface area contributed by atoms with Crippen LogP contribution >= 0.6 is 0 Å². The molecule has 30 heavy (non-hydrogen) atoms. The molecule has 1 aliphatic heterocycles. The van der Waals surface area contributed by atoms with Gasteiger partial charge >= 0.3 is 0 Å². The highest BCUT2D eigenvalue weighted by molar-refractivity contribution is 5.77. The van der Waals surface area contributed by atoms with Gasteiger partial charge in [-0.15, -0.1) is 0 Å². The predicted molar refractivity (Wildman–Crippen MR) is 115 cm³/mol. The standard InChI is InChI=1S/C27H30O3/c1-16(19-6-7-25-21(13-19)14-20-4-2-3-5-24(20)25)26-15-28-27(30-29-26)22-9-17-8-18(11-22)12-23(27)10-17/h2-7,13,16-18,22-23,26H,8-12,14-15H2,1H3. The van der Waals surface area contributed by atoms with Gasteiger partial charge in [-0.25, -0.2) is 9.78 Å². The maximum absolute atomic E-state index is 6.59. The third-order valence-corrected chi connectivity index (χ3v) is 8.95. The Morgan fingerprint density at radius 3 is 2.33 bits per heavy atom. The minimum Gasteiger partial charge on any atom is -0.344 e. The molecule has 1 heterocycles. The van der Waals surface area contributed by atoms with E-state index in [4.69, 9.17) is 14.5 Å². The summed E-state index contributed by atoms with van der Waals surface area (Å²) < 4.78 is 6.59. The molecule has 2 aromatic carbocycles. The van der Waals surface area contributed by atoms with Gasteiger partial charge in [-0.1, -0.05) is 49.4 Å². The van der Waals surface area contributed by atoms with Crippen molar-refractivity contribution in [1.82, 2.24) is 0 Å². The van der Waals surface area contributed by atoms with Crippen LogP contribution in [0.5, 0.6) is 0 Å². The Balaban J connectivity index is 1.09. The molecule has 5 fully saturated rings. The van der Waals surface area contributed by atoms with E-state index < -0.39 is 5.79 Å². The second kappa shape index (κ2) is 6.41. The van der Waals surface area contributed by atoms with Crippen molar-refractivity contribution in [3.05, 3.63) is 59.2 Å². The van der Waals surface area contributed by atoms with Gasteiger partial charge in [-0.2, -0.15) is 0 Å². The van der Waals surface area contributed by atoms with Crippen LogP contribution in [0, 0.1) is 23.7 Å². The zero-order valence-corrected chi connectivity index (χ0v) is 17.7. The van der Waals surface area contributed by atoms with Crippen molar-refractivity contribution >= 4 is 0 Å². The second-order valence-corrected chi connectivity index (χ2v) is 10.6. The molecule has 4 saturated carbocycles. The largest absolute Gasteiger partial charge is 0.344 e. The average Bonchev–Trinajstić information content (AvgIpc) is 3.15. The molecule has 1 spiro atoms.